The number of aromatic nitrogens is 1. The largest absolute Gasteiger partial charge is 0.429 e. The molecule has 0 aliphatic carbocycles. The molecule has 2 heterocycles. The summed E-state index contributed by atoms with van der Waals surface area (Å²) in [4.78, 5) is 17.5. The number of nitrogens with zero attached hydrogens (tertiary/aromatic N) is 3. The third-order valence-electron chi connectivity index (χ3n) is 5.46. The minimum absolute atomic E-state index is 0.174. The van der Waals surface area contributed by atoms with Gasteiger partial charge >= 0.3 is 0 Å². The highest BCUT2D eigenvalue weighted by atomic mass is 32.1. The molecule has 1 aromatic heterocycles. The summed E-state index contributed by atoms with van der Waals surface area (Å²) in [5.74, 6) is 0.174. The normalized spacial score (nSPS) is 14.6. The molecular formula is C22H25N3O2S. The first-order valence-corrected chi connectivity index (χ1v) is 10.1. The van der Waals surface area contributed by atoms with Crippen LogP contribution in [0.2, 0.25) is 0 Å². The molecule has 0 atom stereocenters. The topological polar surface area (TPSA) is 41.6 Å². The summed E-state index contributed by atoms with van der Waals surface area (Å²) in [6.07, 6.45) is 0.432. The fourth-order valence-electron chi connectivity index (χ4n) is 3.85. The standard InChI is InChI=1S/C22H25N3O2S/c1-16-7-8-17(2)19(15-16)23-11-13-24(14-12-23)21(26)9-10-25-18-5-3-4-6-20(18)27-22(25)28/h3-8,15H,9-14H2,1-2H3. The van der Waals surface area contributed by atoms with Gasteiger partial charge in [0, 0.05) is 44.8 Å². The molecule has 2 aromatic carbocycles. The first-order valence-electron chi connectivity index (χ1n) is 9.71. The molecule has 1 amide bonds. The van der Waals surface area contributed by atoms with Crippen molar-refractivity contribution in [2.75, 3.05) is 31.1 Å². The third kappa shape index (κ3) is 3.69. The van der Waals surface area contributed by atoms with E-state index in [2.05, 4.69) is 36.9 Å². The summed E-state index contributed by atoms with van der Waals surface area (Å²) in [5.41, 5.74) is 5.54. The van der Waals surface area contributed by atoms with Gasteiger partial charge < -0.3 is 14.2 Å². The highest BCUT2D eigenvalue weighted by molar-refractivity contribution is 7.71. The molecular weight excluding hydrogens is 370 g/mol. The molecule has 0 spiro atoms. The van der Waals surface area contributed by atoms with Gasteiger partial charge in [-0.15, -0.1) is 0 Å². The molecule has 6 heteroatoms. The number of anilines is 1. The molecule has 1 aliphatic rings. The fraction of sp³-hybridized carbons (Fsp3) is 0.364. The van der Waals surface area contributed by atoms with Gasteiger partial charge in [-0.05, 0) is 55.4 Å². The van der Waals surface area contributed by atoms with Crippen molar-refractivity contribution in [1.29, 1.82) is 0 Å². The molecule has 1 saturated heterocycles. The zero-order valence-corrected chi connectivity index (χ0v) is 17.2. The number of amides is 1. The van der Waals surface area contributed by atoms with Crippen molar-refractivity contribution in [2.24, 2.45) is 0 Å². The Kier molecular flexibility index (Phi) is 5.22. The SMILES string of the molecule is Cc1ccc(C)c(N2CCN(C(=O)CCn3c(=S)oc4ccccc43)CC2)c1. The Morgan fingerprint density at radius 2 is 1.82 bits per heavy atom. The van der Waals surface area contributed by atoms with Crippen molar-refractivity contribution < 1.29 is 9.21 Å². The fourth-order valence-corrected chi connectivity index (χ4v) is 4.13. The van der Waals surface area contributed by atoms with Gasteiger partial charge in [-0.2, -0.15) is 0 Å². The zero-order valence-electron chi connectivity index (χ0n) is 16.4. The summed E-state index contributed by atoms with van der Waals surface area (Å²) in [5, 5.41) is 0. The molecule has 0 unspecified atom stereocenters. The van der Waals surface area contributed by atoms with E-state index < -0.39 is 0 Å². The Morgan fingerprint density at radius 3 is 2.61 bits per heavy atom. The van der Waals surface area contributed by atoms with Crippen LogP contribution in [0.5, 0.6) is 0 Å². The van der Waals surface area contributed by atoms with Crippen molar-refractivity contribution in [2.45, 2.75) is 26.8 Å². The van der Waals surface area contributed by atoms with Crippen LogP contribution in [0.4, 0.5) is 5.69 Å². The predicted octanol–water partition coefficient (Wildman–Crippen LogP) is 4.32. The van der Waals surface area contributed by atoms with E-state index in [1.165, 1.54) is 16.8 Å². The van der Waals surface area contributed by atoms with Gasteiger partial charge in [0.15, 0.2) is 5.58 Å². The summed E-state index contributed by atoms with van der Waals surface area (Å²) in [7, 11) is 0. The van der Waals surface area contributed by atoms with Crippen molar-refractivity contribution in [3.8, 4) is 0 Å². The highest BCUT2D eigenvalue weighted by Gasteiger charge is 2.22. The lowest BCUT2D eigenvalue weighted by molar-refractivity contribution is -0.131. The van der Waals surface area contributed by atoms with Crippen molar-refractivity contribution in [3.05, 3.63) is 58.4 Å². The maximum absolute atomic E-state index is 12.7. The molecule has 0 N–H and O–H groups in total. The Balaban J connectivity index is 1.37. The number of rotatable bonds is 4. The van der Waals surface area contributed by atoms with Crippen molar-refractivity contribution >= 4 is 34.9 Å². The summed E-state index contributed by atoms with van der Waals surface area (Å²) < 4.78 is 7.52. The molecule has 1 fully saturated rings. The number of piperazine rings is 1. The lowest BCUT2D eigenvalue weighted by Gasteiger charge is -2.37. The van der Waals surface area contributed by atoms with Gasteiger partial charge in [0.25, 0.3) is 4.84 Å². The number of oxazole rings is 1. The number of hydrogen-bond acceptors (Lipinski definition) is 4. The second-order valence-corrected chi connectivity index (χ2v) is 7.74. The molecule has 4 rings (SSSR count). The minimum Gasteiger partial charge on any atom is -0.429 e. The number of hydrogen-bond donors (Lipinski definition) is 0. The molecule has 5 nitrogen and oxygen atoms in total. The number of carbonyl (C=O) groups is 1. The van der Waals surface area contributed by atoms with Crippen LogP contribution < -0.4 is 4.90 Å². The smallest absolute Gasteiger partial charge is 0.269 e. The van der Waals surface area contributed by atoms with Gasteiger partial charge in [0.05, 0.1) is 5.52 Å². The zero-order chi connectivity index (χ0) is 19.7. The van der Waals surface area contributed by atoms with Crippen molar-refractivity contribution in [3.63, 3.8) is 0 Å². The summed E-state index contributed by atoms with van der Waals surface area (Å²) in [6, 6.07) is 14.3. The molecule has 28 heavy (non-hydrogen) atoms. The van der Waals surface area contributed by atoms with Crippen LogP contribution in [-0.2, 0) is 11.3 Å². The van der Waals surface area contributed by atoms with E-state index in [0.717, 1.165) is 37.3 Å². The van der Waals surface area contributed by atoms with Gasteiger partial charge in [0.1, 0.15) is 0 Å². The first kappa shape index (κ1) is 18.7. The number of carbonyl (C=O) groups excluding carboxylic acids is 1. The number of benzene rings is 2. The average Bonchev–Trinajstić information content (AvgIpc) is 3.03. The monoisotopic (exact) mass is 395 g/mol. The van der Waals surface area contributed by atoms with Gasteiger partial charge in [-0.1, -0.05) is 24.3 Å². The van der Waals surface area contributed by atoms with Gasteiger partial charge in [-0.25, -0.2) is 0 Å². The van der Waals surface area contributed by atoms with E-state index in [-0.39, 0.29) is 5.91 Å². The van der Waals surface area contributed by atoms with E-state index in [1.807, 2.05) is 33.7 Å². The van der Waals surface area contributed by atoms with Crippen LogP contribution in [0.15, 0.2) is 46.9 Å². The Bertz CT molecular complexity index is 1060. The highest BCUT2D eigenvalue weighted by Crippen LogP contribution is 2.23. The van der Waals surface area contributed by atoms with E-state index in [9.17, 15) is 4.79 Å². The Labute approximate surface area is 170 Å². The van der Waals surface area contributed by atoms with Crippen LogP contribution in [-0.4, -0.2) is 41.6 Å². The Morgan fingerprint density at radius 1 is 1.07 bits per heavy atom. The van der Waals surface area contributed by atoms with Gasteiger partial charge in [-0.3, -0.25) is 9.36 Å². The molecule has 3 aromatic rings. The van der Waals surface area contributed by atoms with Gasteiger partial charge in [0.2, 0.25) is 5.91 Å². The lowest BCUT2D eigenvalue weighted by atomic mass is 10.1. The summed E-state index contributed by atoms with van der Waals surface area (Å²) >= 11 is 5.32. The van der Waals surface area contributed by atoms with Crippen LogP contribution in [0.3, 0.4) is 0 Å². The quantitative estimate of drug-likeness (QED) is 0.617. The molecule has 0 bridgehead atoms. The third-order valence-corrected chi connectivity index (χ3v) is 5.76. The van der Waals surface area contributed by atoms with E-state index >= 15 is 0 Å². The predicted molar refractivity (Wildman–Crippen MR) is 114 cm³/mol. The second-order valence-electron chi connectivity index (χ2n) is 7.40. The number of para-hydroxylation sites is 2. The molecule has 0 saturated carbocycles. The van der Waals surface area contributed by atoms with E-state index in [4.69, 9.17) is 16.6 Å². The van der Waals surface area contributed by atoms with E-state index in [0.29, 0.717) is 17.8 Å². The molecule has 1 aliphatic heterocycles. The first-order chi connectivity index (χ1) is 13.5. The van der Waals surface area contributed by atoms with Crippen LogP contribution in [0.1, 0.15) is 17.5 Å². The van der Waals surface area contributed by atoms with E-state index in [1.54, 1.807) is 0 Å². The number of aryl methyl sites for hydroxylation is 3. The second kappa shape index (κ2) is 7.80. The van der Waals surface area contributed by atoms with Crippen LogP contribution in [0, 0.1) is 18.7 Å². The average molecular weight is 396 g/mol. The summed E-state index contributed by atoms with van der Waals surface area (Å²) in [6.45, 7) is 8.05. The molecule has 0 radical (unpaired) electrons. The maximum atomic E-state index is 12.7. The minimum atomic E-state index is 0.174. The van der Waals surface area contributed by atoms with Crippen LogP contribution >= 0.6 is 12.2 Å². The lowest BCUT2D eigenvalue weighted by Crippen LogP contribution is -2.49. The number of fused-ring (bicyclic) bond motifs is 1. The van der Waals surface area contributed by atoms with Crippen molar-refractivity contribution in [1.82, 2.24) is 9.47 Å². The van der Waals surface area contributed by atoms with Crippen LogP contribution in [0.25, 0.3) is 11.1 Å². The maximum Gasteiger partial charge on any atom is 0.269 e. The molecule has 146 valence electrons. The Hall–Kier alpha value is -2.60.